The summed E-state index contributed by atoms with van der Waals surface area (Å²) in [5.41, 5.74) is 2.60. The Bertz CT molecular complexity index is 857. The summed E-state index contributed by atoms with van der Waals surface area (Å²) in [4.78, 5) is 4.43. The molecule has 0 aromatic heterocycles. The second-order valence-electron chi connectivity index (χ2n) is 8.21. The highest BCUT2D eigenvalue weighted by atomic mass is 127. The smallest absolute Gasteiger partial charge is 0.191 e. The van der Waals surface area contributed by atoms with Crippen LogP contribution in [0.15, 0.2) is 53.5 Å². The fourth-order valence-corrected chi connectivity index (χ4v) is 4.45. The van der Waals surface area contributed by atoms with Gasteiger partial charge in [-0.25, -0.2) is 0 Å². The molecule has 0 amide bonds. The standard InChI is InChI=1S/C25H33N3O3.HI/c1-3-30-21-10-8-20(9-11-21)25(12-14-29-15-13-25)18-28-24(26-2)27-17-22-16-19-6-4-5-7-23(19)31-22;/h4-11,22H,3,12-18H2,1-2H3,(H2,26,27,28);1H. The second kappa shape index (κ2) is 11.7. The summed E-state index contributed by atoms with van der Waals surface area (Å²) in [5, 5.41) is 7.00. The van der Waals surface area contributed by atoms with Crippen LogP contribution in [-0.2, 0) is 16.6 Å². The van der Waals surface area contributed by atoms with E-state index < -0.39 is 0 Å². The minimum atomic E-state index is 0. The van der Waals surface area contributed by atoms with E-state index in [2.05, 4.69) is 52.0 Å². The van der Waals surface area contributed by atoms with Crippen LogP contribution in [0.25, 0.3) is 0 Å². The van der Waals surface area contributed by atoms with Crippen LogP contribution in [0.5, 0.6) is 11.5 Å². The van der Waals surface area contributed by atoms with Gasteiger partial charge in [-0.2, -0.15) is 0 Å². The Morgan fingerprint density at radius 1 is 1.09 bits per heavy atom. The van der Waals surface area contributed by atoms with Crippen LogP contribution in [0, 0.1) is 0 Å². The van der Waals surface area contributed by atoms with Crippen molar-refractivity contribution in [3.63, 3.8) is 0 Å². The zero-order chi connectivity index (χ0) is 21.5. The lowest BCUT2D eigenvalue weighted by molar-refractivity contribution is 0.0513. The molecule has 174 valence electrons. The number of benzene rings is 2. The van der Waals surface area contributed by atoms with Crippen LogP contribution in [0.4, 0.5) is 0 Å². The largest absolute Gasteiger partial charge is 0.494 e. The third-order valence-electron chi connectivity index (χ3n) is 6.26. The van der Waals surface area contributed by atoms with E-state index in [1.165, 1.54) is 11.1 Å². The molecule has 1 atom stereocenters. The molecule has 2 aromatic carbocycles. The Hall–Kier alpha value is -2.00. The summed E-state index contributed by atoms with van der Waals surface area (Å²) in [6.07, 6.45) is 3.00. The number of fused-ring (bicyclic) bond motifs is 1. The maximum absolute atomic E-state index is 6.04. The summed E-state index contributed by atoms with van der Waals surface area (Å²) in [5.74, 6) is 2.71. The summed E-state index contributed by atoms with van der Waals surface area (Å²) in [7, 11) is 1.81. The summed E-state index contributed by atoms with van der Waals surface area (Å²) >= 11 is 0. The van der Waals surface area contributed by atoms with E-state index in [1.807, 2.05) is 26.1 Å². The van der Waals surface area contributed by atoms with Crippen LogP contribution >= 0.6 is 24.0 Å². The first-order valence-corrected chi connectivity index (χ1v) is 11.2. The number of para-hydroxylation sites is 1. The molecular weight excluding hydrogens is 517 g/mol. The van der Waals surface area contributed by atoms with Gasteiger partial charge in [0.25, 0.3) is 0 Å². The highest BCUT2D eigenvalue weighted by Gasteiger charge is 2.34. The number of nitrogens with one attached hydrogen (secondary N) is 2. The quantitative estimate of drug-likeness (QED) is 0.311. The molecule has 2 heterocycles. The molecule has 1 saturated heterocycles. The molecule has 0 radical (unpaired) electrons. The van der Waals surface area contributed by atoms with Gasteiger partial charge in [-0.05, 0) is 49.1 Å². The van der Waals surface area contributed by atoms with Gasteiger partial charge in [0.05, 0.1) is 13.2 Å². The van der Waals surface area contributed by atoms with E-state index in [0.29, 0.717) is 13.2 Å². The third kappa shape index (κ3) is 5.86. The van der Waals surface area contributed by atoms with E-state index in [4.69, 9.17) is 14.2 Å². The number of guanidine groups is 1. The number of nitrogens with zero attached hydrogens (tertiary/aromatic N) is 1. The van der Waals surface area contributed by atoms with Crippen molar-refractivity contribution in [3.8, 4) is 11.5 Å². The lowest BCUT2D eigenvalue weighted by atomic mass is 9.74. The molecule has 1 unspecified atom stereocenters. The van der Waals surface area contributed by atoms with Crippen molar-refractivity contribution in [1.29, 1.82) is 0 Å². The van der Waals surface area contributed by atoms with Crippen molar-refractivity contribution in [2.75, 3.05) is 40.0 Å². The summed E-state index contributed by atoms with van der Waals surface area (Å²) < 4.78 is 17.3. The van der Waals surface area contributed by atoms with Crippen LogP contribution in [-0.4, -0.2) is 52.0 Å². The van der Waals surface area contributed by atoms with E-state index >= 15 is 0 Å². The molecular formula is C25H34IN3O3. The van der Waals surface area contributed by atoms with Gasteiger partial charge in [0.15, 0.2) is 5.96 Å². The van der Waals surface area contributed by atoms with Crippen molar-refractivity contribution in [2.24, 2.45) is 4.99 Å². The highest BCUT2D eigenvalue weighted by molar-refractivity contribution is 14.0. The Morgan fingerprint density at radius 3 is 2.53 bits per heavy atom. The number of hydrogen-bond donors (Lipinski definition) is 2. The van der Waals surface area contributed by atoms with Gasteiger partial charge in [0.1, 0.15) is 17.6 Å². The second-order valence-corrected chi connectivity index (χ2v) is 8.21. The number of halogens is 1. The minimum absolute atomic E-state index is 0. The predicted molar refractivity (Wildman–Crippen MR) is 139 cm³/mol. The molecule has 2 aliphatic heterocycles. The molecule has 7 heteroatoms. The fraction of sp³-hybridized carbons (Fsp3) is 0.480. The van der Waals surface area contributed by atoms with Gasteiger partial charge in [0.2, 0.25) is 0 Å². The Kier molecular flexibility index (Phi) is 9.04. The molecule has 6 nitrogen and oxygen atoms in total. The molecule has 0 spiro atoms. The summed E-state index contributed by atoms with van der Waals surface area (Å²) in [6.45, 7) is 5.75. The Labute approximate surface area is 208 Å². The van der Waals surface area contributed by atoms with E-state index in [9.17, 15) is 0 Å². The van der Waals surface area contributed by atoms with Crippen molar-refractivity contribution in [2.45, 2.75) is 37.7 Å². The van der Waals surface area contributed by atoms with Crippen LogP contribution < -0.4 is 20.1 Å². The minimum Gasteiger partial charge on any atom is -0.494 e. The normalized spacial score (nSPS) is 19.3. The number of ether oxygens (including phenoxy) is 3. The van der Waals surface area contributed by atoms with Gasteiger partial charge in [-0.1, -0.05) is 30.3 Å². The first-order valence-electron chi connectivity index (χ1n) is 11.2. The van der Waals surface area contributed by atoms with Gasteiger partial charge in [-0.3, -0.25) is 4.99 Å². The van der Waals surface area contributed by atoms with Gasteiger partial charge >= 0.3 is 0 Å². The average molecular weight is 551 g/mol. The van der Waals surface area contributed by atoms with Gasteiger partial charge in [0, 0.05) is 38.6 Å². The van der Waals surface area contributed by atoms with E-state index in [-0.39, 0.29) is 35.5 Å². The Balaban J connectivity index is 0.00000289. The monoisotopic (exact) mass is 551 g/mol. The molecule has 0 saturated carbocycles. The topological polar surface area (TPSA) is 64.1 Å². The first-order chi connectivity index (χ1) is 15.2. The molecule has 4 rings (SSSR count). The molecule has 0 bridgehead atoms. The van der Waals surface area contributed by atoms with Crippen LogP contribution in [0.1, 0.15) is 30.9 Å². The SMILES string of the molecule is CCOc1ccc(C2(CNC(=NC)NCC3Cc4ccccc4O3)CCOCC2)cc1.I. The third-order valence-corrected chi connectivity index (χ3v) is 6.26. The van der Waals surface area contributed by atoms with Gasteiger partial charge < -0.3 is 24.8 Å². The zero-order valence-electron chi connectivity index (χ0n) is 18.9. The molecule has 32 heavy (non-hydrogen) atoms. The zero-order valence-corrected chi connectivity index (χ0v) is 21.3. The predicted octanol–water partition coefficient (Wildman–Crippen LogP) is 3.92. The van der Waals surface area contributed by atoms with E-state index in [1.54, 1.807) is 0 Å². The molecule has 2 N–H and O–H groups in total. The maximum Gasteiger partial charge on any atom is 0.191 e. The van der Waals surface area contributed by atoms with E-state index in [0.717, 1.165) is 56.5 Å². The van der Waals surface area contributed by atoms with Crippen molar-refractivity contribution >= 4 is 29.9 Å². The average Bonchev–Trinajstić information content (AvgIpc) is 3.23. The van der Waals surface area contributed by atoms with Crippen molar-refractivity contribution < 1.29 is 14.2 Å². The molecule has 0 aliphatic carbocycles. The number of aliphatic imine (C=N–C) groups is 1. The highest BCUT2D eigenvalue weighted by Crippen LogP contribution is 2.35. The van der Waals surface area contributed by atoms with Crippen LogP contribution in [0.3, 0.4) is 0 Å². The van der Waals surface area contributed by atoms with Gasteiger partial charge in [-0.15, -0.1) is 24.0 Å². The molecule has 2 aliphatic rings. The first kappa shape index (κ1) is 24.6. The summed E-state index contributed by atoms with van der Waals surface area (Å²) in [6, 6.07) is 16.8. The van der Waals surface area contributed by atoms with Crippen molar-refractivity contribution in [3.05, 3.63) is 59.7 Å². The molecule has 1 fully saturated rings. The molecule has 2 aromatic rings. The fourth-order valence-electron chi connectivity index (χ4n) is 4.45. The lowest BCUT2D eigenvalue weighted by Crippen LogP contribution is -2.49. The lowest BCUT2D eigenvalue weighted by Gasteiger charge is -2.38. The van der Waals surface area contributed by atoms with Crippen molar-refractivity contribution in [1.82, 2.24) is 10.6 Å². The maximum atomic E-state index is 6.04. The number of rotatable bonds is 7. The Morgan fingerprint density at radius 2 is 1.84 bits per heavy atom. The number of hydrogen-bond acceptors (Lipinski definition) is 4. The van der Waals surface area contributed by atoms with Crippen LogP contribution in [0.2, 0.25) is 0 Å².